The fourth-order valence-electron chi connectivity index (χ4n) is 2.77. The van der Waals surface area contributed by atoms with Gasteiger partial charge in [0.1, 0.15) is 0 Å². The molecule has 0 fully saturated rings. The van der Waals surface area contributed by atoms with Gasteiger partial charge in [0.25, 0.3) is 0 Å². The van der Waals surface area contributed by atoms with Crippen molar-refractivity contribution in [2.24, 2.45) is 0 Å². The number of hydrogen-bond acceptors (Lipinski definition) is 0. The second-order valence-electron chi connectivity index (χ2n) is 4.92. The Bertz CT molecular complexity index is 890. The van der Waals surface area contributed by atoms with Crippen LogP contribution >= 0.6 is 31.9 Å². The Morgan fingerprint density at radius 1 is 0.500 bits per heavy atom. The predicted molar refractivity (Wildman–Crippen MR) is 94.4 cm³/mol. The molecule has 0 amide bonds. The molecule has 0 bridgehead atoms. The third-order valence-electron chi connectivity index (χ3n) is 3.76. The lowest BCUT2D eigenvalue weighted by atomic mass is 10.00. The summed E-state index contributed by atoms with van der Waals surface area (Å²) in [6, 6.07) is 21.4. The molecule has 0 spiro atoms. The summed E-state index contributed by atoms with van der Waals surface area (Å²) in [5.41, 5.74) is 0. The van der Waals surface area contributed by atoms with E-state index in [0.717, 1.165) is 8.95 Å². The maximum Gasteiger partial charge on any atom is 0.0332 e. The third-order valence-corrected chi connectivity index (χ3v) is 5.47. The van der Waals surface area contributed by atoms with Gasteiger partial charge in [-0.15, -0.1) is 0 Å². The Balaban J connectivity index is 2.31. The maximum atomic E-state index is 3.78. The minimum absolute atomic E-state index is 1.16. The molecule has 0 saturated heterocycles. The highest BCUT2D eigenvalue weighted by molar-refractivity contribution is 9.11. The van der Waals surface area contributed by atoms with Gasteiger partial charge in [0.2, 0.25) is 0 Å². The summed E-state index contributed by atoms with van der Waals surface area (Å²) in [7, 11) is 0. The van der Waals surface area contributed by atoms with E-state index in [-0.39, 0.29) is 0 Å². The van der Waals surface area contributed by atoms with Crippen molar-refractivity contribution in [3.63, 3.8) is 0 Å². The Hall–Kier alpha value is -1.38. The minimum atomic E-state index is 1.16. The normalized spacial score (nSPS) is 11.5. The first-order chi connectivity index (χ1) is 9.75. The zero-order valence-electron chi connectivity index (χ0n) is 10.5. The highest BCUT2D eigenvalue weighted by Crippen LogP contribution is 2.39. The average Bonchev–Trinajstić information content (AvgIpc) is 2.49. The Labute approximate surface area is 133 Å². The molecule has 0 atom stereocenters. The number of halogens is 2. The largest absolute Gasteiger partial charge is 0.0616 e. The summed E-state index contributed by atoms with van der Waals surface area (Å²) in [6.07, 6.45) is 0. The molecule has 0 nitrogen and oxygen atoms in total. The minimum Gasteiger partial charge on any atom is -0.0616 e. The van der Waals surface area contributed by atoms with E-state index in [9.17, 15) is 0 Å². The van der Waals surface area contributed by atoms with Crippen LogP contribution < -0.4 is 0 Å². The van der Waals surface area contributed by atoms with Gasteiger partial charge in [0.15, 0.2) is 0 Å². The molecule has 0 aromatic heterocycles. The van der Waals surface area contributed by atoms with Crippen LogP contribution in [0.5, 0.6) is 0 Å². The lowest BCUT2D eigenvalue weighted by Crippen LogP contribution is -1.83. The molecule has 0 aliphatic carbocycles. The van der Waals surface area contributed by atoms with E-state index in [1.165, 1.54) is 32.3 Å². The molecule has 2 heteroatoms. The van der Waals surface area contributed by atoms with Crippen molar-refractivity contribution < 1.29 is 0 Å². The van der Waals surface area contributed by atoms with E-state index in [2.05, 4.69) is 92.5 Å². The molecular weight excluding hydrogens is 376 g/mol. The Morgan fingerprint density at radius 3 is 1.35 bits per heavy atom. The molecular formula is C18H10Br2. The summed E-state index contributed by atoms with van der Waals surface area (Å²) < 4.78 is 2.33. The van der Waals surface area contributed by atoms with Crippen molar-refractivity contribution in [1.29, 1.82) is 0 Å². The summed E-state index contributed by atoms with van der Waals surface area (Å²) >= 11 is 7.56. The van der Waals surface area contributed by atoms with E-state index in [0.29, 0.717) is 0 Å². The number of benzene rings is 4. The molecule has 0 saturated carbocycles. The van der Waals surface area contributed by atoms with Crippen molar-refractivity contribution in [3.05, 3.63) is 69.6 Å². The summed E-state index contributed by atoms with van der Waals surface area (Å²) in [5, 5.41) is 7.50. The van der Waals surface area contributed by atoms with E-state index >= 15 is 0 Å². The summed E-state index contributed by atoms with van der Waals surface area (Å²) in [6.45, 7) is 0. The Kier molecular flexibility index (Phi) is 2.83. The number of rotatable bonds is 0. The van der Waals surface area contributed by atoms with Crippen LogP contribution in [-0.2, 0) is 0 Å². The van der Waals surface area contributed by atoms with Gasteiger partial charge in [0.05, 0.1) is 0 Å². The van der Waals surface area contributed by atoms with Gasteiger partial charge in [-0.3, -0.25) is 0 Å². The van der Waals surface area contributed by atoms with Gasteiger partial charge in [-0.2, -0.15) is 0 Å². The van der Waals surface area contributed by atoms with Gasteiger partial charge in [0, 0.05) is 8.95 Å². The van der Waals surface area contributed by atoms with Gasteiger partial charge in [-0.05, 0) is 76.3 Å². The predicted octanol–water partition coefficient (Wildman–Crippen LogP) is 6.67. The fraction of sp³-hybridized carbons (Fsp3) is 0. The van der Waals surface area contributed by atoms with Crippen molar-refractivity contribution in [2.75, 3.05) is 0 Å². The first-order valence-electron chi connectivity index (χ1n) is 6.44. The molecule has 0 N–H and O–H groups in total. The molecule has 0 unspecified atom stereocenters. The van der Waals surface area contributed by atoms with Crippen LogP contribution in [0.4, 0.5) is 0 Å². The van der Waals surface area contributed by atoms with Crippen LogP contribution in [0.15, 0.2) is 69.6 Å². The monoisotopic (exact) mass is 384 g/mol. The summed E-state index contributed by atoms with van der Waals surface area (Å²) in [5.74, 6) is 0. The first-order valence-corrected chi connectivity index (χ1v) is 8.02. The van der Waals surface area contributed by atoms with Crippen LogP contribution in [0.3, 0.4) is 0 Å². The molecule has 4 rings (SSSR count). The van der Waals surface area contributed by atoms with Crippen LogP contribution in [0.1, 0.15) is 0 Å². The lowest BCUT2D eigenvalue weighted by molar-refractivity contribution is 1.73. The zero-order valence-corrected chi connectivity index (χ0v) is 13.7. The average molecular weight is 386 g/mol. The molecule has 20 heavy (non-hydrogen) atoms. The Morgan fingerprint density at radius 2 is 0.900 bits per heavy atom. The lowest BCUT2D eigenvalue weighted by Gasteiger charge is -2.10. The van der Waals surface area contributed by atoms with Crippen LogP contribution in [-0.4, -0.2) is 0 Å². The highest BCUT2D eigenvalue weighted by atomic mass is 79.9. The van der Waals surface area contributed by atoms with Crippen molar-refractivity contribution in [3.8, 4) is 0 Å². The molecule has 4 aromatic carbocycles. The molecule has 0 radical (unpaired) electrons. The van der Waals surface area contributed by atoms with Gasteiger partial charge in [-0.1, -0.05) is 48.5 Å². The van der Waals surface area contributed by atoms with E-state index in [1.54, 1.807) is 0 Å². The fourth-order valence-corrected chi connectivity index (χ4v) is 4.14. The second kappa shape index (κ2) is 4.57. The number of hydrogen-bond donors (Lipinski definition) is 0. The molecule has 0 aliphatic heterocycles. The standard InChI is InChI=1S/C18H10Br2/c19-17-13-7-3-1-5-11(13)9-15-16(17)10-12-6-2-4-8-14(12)18(15)20/h1-10H. The second-order valence-corrected chi connectivity index (χ2v) is 6.50. The zero-order chi connectivity index (χ0) is 13.7. The molecule has 0 aliphatic rings. The molecule has 4 aromatic rings. The maximum absolute atomic E-state index is 3.78. The highest BCUT2D eigenvalue weighted by Gasteiger charge is 2.10. The van der Waals surface area contributed by atoms with Crippen LogP contribution in [0, 0.1) is 0 Å². The van der Waals surface area contributed by atoms with Crippen molar-refractivity contribution >= 4 is 64.2 Å². The van der Waals surface area contributed by atoms with Gasteiger partial charge < -0.3 is 0 Å². The third kappa shape index (κ3) is 1.72. The van der Waals surface area contributed by atoms with Gasteiger partial charge in [-0.25, -0.2) is 0 Å². The quantitative estimate of drug-likeness (QED) is 0.296. The van der Waals surface area contributed by atoms with Crippen molar-refractivity contribution in [1.82, 2.24) is 0 Å². The van der Waals surface area contributed by atoms with E-state index in [1.807, 2.05) is 0 Å². The molecule has 96 valence electrons. The topological polar surface area (TPSA) is 0 Å². The first kappa shape index (κ1) is 12.4. The molecule has 0 heterocycles. The number of fused-ring (bicyclic) bond motifs is 3. The smallest absolute Gasteiger partial charge is 0.0332 e. The SMILES string of the molecule is Brc1c2ccccc2cc2c(Br)c3ccccc3cc12. The summed E-state index contributed by atoms with van der Waals surface area (Å²) in [4.78, 5) is 0. The van der Waals surface area contributed by atoms with Crippen molar-refractivity contribution in [2.45, 2.75) is 0 Å². The van der Waals surface area contributed by atoms with Crippen LogP contribution in [0.2, 0.25) is 0 Å². The van der Waals surface area contributed by atoms with Crippen LogP contribution in [0.25, 0.3) is 32.3 Å². The van der Waals surface area contributed by atoms with E-state index < -0.39 is 0 Å². The van der Waals surface area contributed by atoms with E-state index in [4.69, 9.17) is 0 Å². The van der Waals surface area contributed by atoms with Gasteiger partial charge >= 0.3 is 0 Å².